The van der Waals surface area contributed by atoms with Crippen molar-refractivity contribution in [3.63, 3.8) is 0 Å². The zero-order valence-electron chi connectivity index (χ0n) is 10.5. The van der Waals surface area contributed by atoms with E-state index >= 15 is 0 Å². The number of rotatable bonds is 2. The molecule has 0 spiro atoms. The van der Waals surface area contributed by atoms with Gasteiger partial charge in [-0.3, -0.25) is 14.3 Å². The van der Waals surface area contributed by atoms with Gasteiger partial charge in [-0.25, -0.2) is 9.18 Å². The molecule has 0 aliphatic carbocycles. The molecule has 2 heterocycles. The van der Waals surface area contributed by atoms with Crippen LogP contribution in [0.5, 0.6) is 0 Å². The summed E-state index contributed by atoms with van der Waals surface area (Å²) >= 11 is 0. The topological polar surface area (TPSA) is 105 Å². The van der Waals surface area contributed by atoms with E-state index < -0.39 is 42.0 Å². The lowest BCUT2D eigenvalue weighted by Gasteiger charge is -2.24. The predicted molar refractivity (Wildman–Crippen MR) is 62.6 cm³/mol. The van der Waals surface area contributed by atoms with Crippen molar-refractivity contribution in [2.24, 2.45) is 0 Å². The molecule has 1 saturated heterocycles. The second-order valence-corrected chi connectivity index (χ2v) is 4.78. The minimum absolute atomic E-state index is 0.209. The van der Waals surface area contributed by atoms with Crippen molar-refractivity contribution in [1.29, 1.82) is 0 Å². The number of aromatic amines is 1. The van der Waals surface area contributed by atoms with Crippen molar-refractivity contribution in [2.45, 2.75) is 38.0 Å². The molecule has 2 unspecified atom stereocenters. The summed E-state index contributed by atoms with van der Waals surface area (Å²) in [6, 6.07) is 0. The summed E-state index contributed by atoms with van der Waals surface area (Å²) < 4.78 is 20.5. The second-order valence-electron chi connectivity index (χ2n) is 4.78. The van der Waals surface area contributed by atoms with Crippen molar-refractivity contribution in [3.8, 4) is 0 Å². The van der Waals surface area contributed by atoms with Crippen LogP contribution in [0.25, 0.3) is 0 Å². The first-order valence-corrected chi connectivity index (χ1v) is 5.74. The molecule has 1 aromatic heterocycles. The minimum Gasteiger partial charge on any atom is -0.394 e. The van der Waals surface area contributed by atoms with Crippen LogP contribution in [0.4, 0.5) is 4.39 Å². The normalized spacial score (nSPS) is 34.7. The Kier molecular flexibility index (Phi) is 3.33. The molecule has 0 saturated carbocycles. The SMILES string of the molecule is Cc1cn(C2OC(CO)[C@@H](O)[C@@]2(C)F)c(=O)[nH]c1=O. The third-order valence-corrected chi connectivity index (χ3v) is 3.30. The predicted octanol–water partition coefficient (Wildman–Crippen LogP) is -1.18. The lowest BCUT2D eigenvalue weighted by atomic mass is 9.98. The Morgan fingerprint density at radius 3 is 2.74 bits per heavy atom. The maximum atomic E-state index is 14.5. The van der Waals surface area contributed by atoms with Crippen molar-refractivity contribution in [1.82, 2.24) is 9.55 Å². The second kappa shape index (κ2) is 4.55. The number of hydrogen-bond donors (Lipinski definition) is 3. The monoisotopic (exact) mass is 274 g/mol. The first-order valence-electron chi connectivity index (χ1n) is 5.74. The van der Waals surface area contributed by atoms with E-state index in [-0.39, 0.29) is 5.56 Å². The Hall–Kier alpha value is -1.51. The quantitative estimate of drug-likeness (QED) is 0.630. The molecular weight excluding hydrogens is 259 g/mol. The van der Waals surface area contributed by atoms with Gasteiger partial charge in [0.25, 0.3) is 5.56 Å². The highest BCUT2D eigenvalue weighted by molar-refractivity contribution is 5.06. The largest absolute Gasteiger partial charge is 0.394 e. The Morgan fingerprint density at radius 2 is 2.21 bits per heavy atom. The van der Waals surface area contributed by atoms with Crippen molar-refractivity contribution >= 4 is 0 Å². The van der Waals surface area contributed by atoms with E-state index in [4.69, 9.17) is 9.84 Å². The van der Waals surface area contributed by atoms with Gasteiger partial charge < -0.3 is 14.9 Å². The number of nitrogens with zero attached hydrogens (tertiary/aromatic N) is 1. The number of alkyl halides is 1. The van der Waals surface area contributed by atoms with E-state index in [9.17, 15) is 19.1 Å². The standard InChI is InChI=1S/C11H15FN2O5/c1-5-3-14(10(18)13-8(5)17)9-11(2,12)7(16)6(4-15)19-9/h3,6-7,9,15-16H,4H2,1-2H3,(H,13,17,18)/t6?,7-,9?,11-/m1/s1. The van der Waals surface area contributed by atoms with Crippen LogP contribution < -0.4 is 11.2 Å². The van der Waals surface area contributed by atoms with E-state index in [0.717, 1.165) is 17.7 Å². The number of aliphatic hydroxyl groups excluding tert-OH is 2. The highest BCUT2D eigenvalue weighted by Crippen LogP contribution is 2.40. The molecule has 19 heavy (non-hydrogen) atoms. The Balaban J connectivity index is 2.51. The summed E-state index contributed by atoms with van der Waals surface area (Å²) in [4.78, 5) is 25.0. The Morgan fingerprint density at radius 1 is 1.58 bits per heavy atom. The lowest BCUT2D eigenvalue weighted by Crippen LogP contribution is -2.44. The Labute approximate surface area is 107 Å². The number of aryl methyl sites for hydroxylation is 1. The average molecular weight is 274 g/mol. The van der Waals surface area contributed by atoms with E-state index in [1.54, 1.807) is 0 Å². The molecule has 3 N–H and O–H groups in total. The molecule has 1 aliphatic rings. The molecule has 2 rings (SSSR count). The summed E-state index contributed by atoms with van der Waals surface area (Å²) in [5.41, 5.74) is -3.46. The smallest absolute Gasteiger partial charge is 0.330 e. The molecule has 1 aliphatic heterocycles. The van der Waals surface area contributed by atoms with E-state index in [2.05, 4.69) is 0 Å². The van der Waals surface area contributed by atoms with Crippen molar-refractivity contribution in [3.05, 3.63) is 32.6 Å². The first kappa shape index (κ1) is 13.9. The number of ether oxygens (including phenoxy) is 1. The van der Waals surface area contributed by atoms with Gasteiger partial charge in [-0.15, -0.1) is 0 Å². The molecular formula is C11H15FN2O5. The minimum atomic E-state index is -2.26. The fourth-order valence-corrected chi connectivity index (χ4v) is 2.12. The highest BCUT2D eigenvalue weighted by atomic mass is 19.1. The molecule has 4 atom stereocenters. The maximum absolute atomic E-state index is 14.5. The Bertz CT molecular complexity index is 593. The summed E-state index contributed by atoms with van der Waals surface area (Å²) in [5, 5.41) is 18.7. The number of halogens is 1. The third kappa shape index (κ3) is 2.11. The zero-order valence-corrected chi connectivity index (χ0v) is 10.5. The summed E-state index contributed by atoms with van der Waals surface area (Å²) in [6.07, 6.45) is -2.95. The molecule has 0 bridgehead atoms. The van der Waals surface area contributed by atoms with Crippen molar-refractivity contribution in [2.75, 3.05) is 6.61 Å². The van der Waals surface area contributed by atoms with Crippen LogP contribution in [0.15, 0.2) is 15.8 Å². The maximum Gasteiger partial charge on any atom is 0.330 e. The number of nitrogens with one attached hydrogen (secondary N) is 1. The van der Waals surface area contributed by atoms with Gasteiger partial charge in [0.15, 0.2) is 11.9 Å². The van der Waals surface area contributed by atoms with Gasteiger partial charge in [-0.2, -0.15) is 0 Å². The molecule has 8 heteroatoms. The molecule has 0 aromatic carbocycles. The summed E-state index contributed by atoms with van der Waals surface area (Å²) in [6.45, 7) is 1.96. The van der Waals surface area contributed by atoms with Gasteiger partial charge in [0.05, 0.1) is 6.61 Å². The molecule has 7 nitrogen and oxygen atoms in total. The number of aliphatic hydroxyl groups is 2. The third-order valence-electron chi connectivity index (χ3n) is 3.30. The van der Waals surface area contributed by atoms with Crippen molar-refractivity contribution < 1.29 is 19.3 Å². The van der Waals surface area contributed by atoms with E-state index in [1.165, 1.54) is 6.92 Å². The fourth-order valence-electron chi connectivity index (χ4n) is 2.12. The van der Waals surface area contributed by atoms with Gasteiger partial charge in [-0.1, -0.05) is 0 Å². The zero-order chi connectivity index (χ0) is 14.4. The lowest BCUT2D eigenvalue weighted by molar-refractivity contribution is -0.0612. The molecule has 106 valence electrons. The summed E-state index contributed by atoms with van der Waals surface area (Å²) in [7, 11) is 0. The van der Waals surface area contributed by atoms with Crippen LogP contribution in [0.1, 0.15) is 18.7 Å². The van der Waals surface area contributed by atoms with Crippen LogP contribution in [0.3, 0.4) is 0 Å². The van der Waals surface area contributed by atoms with Gasteiger partial charge >= 0.3 is 5.69 Å². The highest BCUT2D eigenvalue weighted by Gasteiger charge is 2.55. The van der Waals surface area contributed by atoms with Gasteiger partial charge in [0.2, 0.25) is 0 Å². The number of hydrogen-bond acceptors (Lipinski definition) is 5. The fraction of sp³-hybridized carbons (Fsp3) is 0.636. The van der Waals surface area contributed by atoms with Gasteiger partial charge in [-0.05, 0) is 13.8 Å². The molecule has 1 fully saturated rings. The van der Waals surface area contributed by atoms with Crippen LogP contribution >= 0.6 is 0 Å². The first-order chi connectivity index (χ1) is 8.78. The summed E-state index contributed by atoms with van der Waals surface area (Å²) in [5.74, 6) is 0. The molecule has 1 aromatic rings. The van der Waals surface area contributed by atoms with E-state index in [0.29, 0.717) is 0 Å². The molecule has 0 amide bonds. The number of H-pyrrole nitrogens is 1. The van der Waals surface area contributed by atoms with E-state index in [1.807, 2.05) is 4.98 Å². The average Bonchev–Trinajstić information content (AvgIpc) is 2.56. The number of aromatic nitrogens is 2. The molecule has 0 radical (unpaired) electrons. The van der Waals surface area contributed by atoms with Crippen LogP contribution in [0.2, 0.25) is 0 Å². The van der Waals surface area contributed by atoms with Crippen LogP contribution in [0, 0.1) is 6.92 Å². The van der Waals surface area contributed by atoms with Crippen LogP contribution in [-0.4, -0.2) is 44.2 Å². The van der Waals surface area contributed by atoms with Gasteiger partial charge in [0, 0.05) is 11.8 Å². The van der Waals surface area contributed by atoms with Gasteiger partial charge in [0.1, 0.15) is 12.2 Å². The van der Waals surface area contributed by atoms with Crippen LogP contribution in [-0.2, 0) is 4.74 Å².